The Morgan fingerprint density at radius 3 is 2.81 bits per heavy atom. The minimum Gasteiger partial charge on any atom is -0.298 e. The Bertz CT molecular complexity index is 598. The second kappa shape index (κ2) is 3.77. The molecule has 1 heterocycles. The van der Waals surface area contributed by atoms with Crippen LogP contribution in [0.2, 0.25) is 0 Å². The van der Waals surface area contributed by atoms with Crippen LogP contribution in [0.25, 0.3) is 11.3 Å². The minimum atomic E-state index is -0.422. The summed E-state index contributed by atoms with van der Waals surface area (Å²) in [6.07, 6.45) is 0.471. The number of halogens is 1. The lowest BCUT2D eigenvalue weighted by molar-refractivity contribution is 0.112. The molecule has 1 aromatic heterocycles. The van der Waals surface area contributed by atoms with Crippen LogP contribution in [0.15, 0.2) is 29.1 Å². The van der Waals surface area contributed by atoms with Crippen LogP contribution < -0.4 is 5.56 Å². The highest BCUT2D eigenvalue weighted by molar-refractivity contribution is 5.85. The third kappa shape index (κ3) is 1.56. The van der Waals surface area contributed by atoms with Crippen LogP contribution in [0.3, 0.4) is 0 Å². The molecule has 0 spiro atoms. The quantitative estimate of drug-likeness (QED) is 0.776. The number of carbonyl (C=O) groups excluding carboxylic acids is 1. The third-order valence-corrected chi connectivity index (χ3v) is 2.32. The van der Waals surface area contributed by atoms with Crippen LogP contribution in [0.5, 0.6) is 0 Å². The molecule has 2 aromatic rings. The molecule has 1 N–H and O–H groups in total. The maximum absolute atomic E-state index is 13.0. The molecule has 4 nitrogen and oxygen atoms in total. The van der Waals surface area contributed by atoms with Gasteiger partial charge in [-0.2, -0.15) is 0 Å². The van der Waals surface area contributed by atoms with Crippen LogP contribution in [0.4, 0.5) is 4.39 Å². The molecule has 5 heteroatoms. The number of aryl methyl sites for hydroxylation is 1. The number of aromatic amines is 1. The number of benzene rings is 1. The summed E-state index contributed by atoms with van der Waals surface area (Å²) in [7, 11) is 1.50. The summed E-state index contributed by atoms with van der Waals surface area (Å²) >= 11 is 0. The molecule has 1 aromatic carbocycles. The highest BCUT2D eigenvalue weighted by Crippen LogP contribution is 2.18. The van der Waals surface area contributed by atoms with E-state index in [1.807, 2.05) is 0 Å². The molecule has 0 saturated carbocycles. The summed E-state index contributed by atoms with van der Waals surface area (Å²) < 4.78 is 14.2. The number of aromatic nitrogens is 2. The van der Waals surface area contributed by atoms with Gasteiger partial charge in [-0.15, -0.1) is 0 Å². The van der Waals surface area contributed by atoms with E-state index in [4.69, 9.17) is 0 Å². The normalized spacial score (nSPS) is 10.4. The number of hydrogen-bond donors (Lipinski definition) is 1. The molecule has 0 aliphatic rings. The first-order valence-corrected chi connectivity index (χ1v) is 4.63. The number of hydrogen-bond acceptors (Lipinski definition) is 2. The molecule has 0 bridgehead atoms. The van der Waals surface area contributed by atoms with Crippen molar-refractivity contribution in [3.8, 4) is 11.3 Å². The zero-order valence-electron chi connectivity index (χ0n) is 8.53. The van der Waals surface area contributed by atoms with Gasteiger partial charge in [0, 0.05) is 12.6 Å². The molecule has 0 fully saturated rings. The lowest BCUT2D eigenvalue weighted by Gasteiger charge is -1.98. The lowest BCUT2D eigenvalue weighted by Crippen LogP contribution is -2.14. The maximum atomic E-state index is 13.0. The predicted octanol–water partition coefficient (Wildman–Crippen LogP) is 1.33. The summed E-state index contributed by atoms with van der Waals surface area (Å²) in [5.74, 6) is -0.418. The van der Waals surface area contributed by atoms with Gasteiger partial charge in [0.05, 0.1) is 5.69 Å². The lowest BCUT2D eigenvalue weighted by atomic mass is 10.1. The van der Waals surface area contributed by atoms with Crippen molar-refractivity contribution in [1.82, 2.24) is 9.78 Å². The van der Waals surface area contributed by atoms with Gasteiger partial charge in [0.25, 0.3) is 5.56 Å². The molecule has 0 radical (unpaired) electrons. The first kappa shape index (κ1) is 10.4. The van der Waals surface area contributed by atoms with E-state index in [2.05, 4.69) is 5.10 Å². The summed E-state index contributed by atoms with van der Waals surface area (Å²) in [5, 5.41) is 2.71. The fourth-order valence-electron chi connectivity index (χ4n) is 1.54. The molecule has 2 rings (SSSR count). The van der Waals surface area contributed by atoms with Crippen molar-refractivity contribution >= 4 is 6.29 Å². The first-order valence-electron chi connectivity index (χ1n) is 4.63. The molecular formula is C11H9FN2O2. The van der Waals surface area contributed by atoms with Gasteiger partial charge in [-0.3, -0.25) is 19.4 Å². The van der Waals surface area contributed by atoms with E-state index in [1.165, 1.54) is 29.9 Å². The van der Waals surface area contributed by atoms with E-state index in [0.717, 1.165) is 0 Å². The molecule has 0 saturated heterocycles. The Hall–Kier alpha value is -2.17. The monoisotopic (exact) mass is 220 g/mol. The highest BCUT2D eigenvalue weighted by atomic mass is 19.1. The van der Waals surface area contributed by atoms with Gasteiger partial charge in [-0.25, -0.2) is 4.39 Å². The van der Waals surface area contributed by atoms with Crippen molar-refractivity contribution in [1.29, 1.82) is 0 Å². The van der Waals surface area contributed by atoms with E-state index in [0.29, 0.717) is 17.5 Å². The van der Waals surface area contributed by atoms with Gasteiger partial charge in [0.15, 0.2) is 6.29 Å². The molecule has 82 valence electrons. The first-order chi connectivity index (χ1) is 7.63. The van der Waals surface area contributed by atoms with Gasteiger partial charge >= 0.3 is 0 Å². The second-order valence-electron chi connectivity index (χ2n) is 3.39. The smallest absolute Gasteiger partial charge is 0.277 e. The van der Waals surface area contributed by atoms with E-state index in [9.17, 15) is 14.0 Å². The Morgan fingerprint density at radius 1 is 1.44 bits per heavy atom. The van der Waals surface area contributed by atoms with Crippen LogP contribution >= 0.6 is 0 Å². The number of carbonyl (C=O) groups is 1. The molecular weight excluding hydrogens is 211 g/mol. The maximum Gasteiger partial charge on any atom is 0.277 e. The van der Waals surface area contributed by atoms with E-state index in [1.54, 1.807) is 6.07 Å². The van der Waals surface area contributed by atoms with Crippen molar-refractivity contribution in [2.45, 2.75) is 0 Å². The summed E-state index contributed by atoms with van der Waals surface area (Å²) in [6.45, 7) is 0. The summed E-state index contributed by atoms with van der Waals surface area (Å²) in [5.41, 5.74) is 0.393. The standard InChI is InChI=1S/C11H9FN2O2/c1-14-11(16)9(6-15)10(13-14)7-3-2-4-8(12)5-7/h2-6,13H,1H3. The predicted molar refractivity (Wildman–Crippen MR) is 56.8 cm³/mol. The minimum absolute atomic E-state index is 0.00750. The fraction of sp³-hybridized carbons (Fsp3) is 0.0909. The second-order valence-corrected chi connectivity index (χ2v) is 3.39. The topological polar surface area (TPSA) is 54.9 Å². The Balaban J connectivity index is 2.69. The Kier molecular flexibility index (Phi) is 2.44. The average molecular weight is 220 g/mol. The molecule has 0 aliphatic carbocycles. The summed E-state index contributed by atoms with van der Waals surface area (Å²) in [6, 6.07) is 5.70. The number of H-pyrrole nitrogens is 1. The zero-order valence-corrected chi connectivity index (χ0v) is 8.53. The summed E-state index contributed by atoms with van der Waals surface area (Å²) in [4.78, 5) is 22.3. The van der Waals surface area contributed by atoms with E-state index >= 15 is 0 Å². The Morgan fingerprint density at radius 2 is 2.19 bits per heavy atom. The average Bonchev–Trinajstić information content (AvgIpc) is 2.55. The van der Waals surface area contributed by atoms with Gasteiger partial charge in [-0.05, 0) is 12.1 Å². The van der Waals surface area contributed by atoms with Crippen molar-refractivity contribution in [3.05, 3.63) is 46.0 Å². The number of nitrogens with zero attached hydrogens (tertiary/aromatic N) is 1. The number of nitrogens with one attached hydrogen (secondary N) is 1. The van der Waals surface area contributed by atoms with Crippen LogP contribution in [0.1, 0.15) is 10.4 Å². The van der Waals surface area contributed by atoms with Crippen molar-refractivity contribution in [2.75, 3.05) is 0 Å². The zero-order chi connectivity index (χ0) is 11.7. The van der Waals surface area contributed by atoms with Crippen LogP contribution in [-0.4, -0.2) is 16.1 Å². The van der Waals surface area contributed by atoms with Gasteiger partial charge < -0.3 is 0 Å². The van der Waals surface area contributed by atoms with Crippen molar-refractivity contribution in [3.63, 3.8) is 0 Å². The van der Waals surface area contributed by atoms with Crippen molar-refractivity contribution < 1.29 is 9.18 Å². The van der Waals surface area contributed by atoms with Crippen molar-refractivity contribution in [2.24, 2.45) is 7.05 Å². The van der Waals surface area contributed by atoms with Crippen LogP contribution in [0, 0.1) is 5.82 Å². The molecule has 0 atom stereocenters. The van der Waals surface area contributed by atoms with Gasteiger partial charge in [0.1, 0.15) is 11.4 Å². The van der Waals surface area contributed by atoms with Gasteiger partial charge in [0.2, 0.25) is 0 Å². The molecule has 16 heavy (non-hydrogen) atoms. The van der Waals surface area contributed by atoms with E-state index in [-0.39, 0.29) is 5.56 Å². The molecule has 0 aliphatic heterocycles. The van der Waals surface area contributed by atoms with Crippen LogP contribution in [-0.2, 0) is 7.05 Å². The highest BCUT2D eigenvalue weighted by Gasteiger charge is 2.13. The third-order valence-electron chi connectivity index (χ3n) is 2.32. The largest absolute Gasteiger partial charge is 0.298 e. The number of aldehydes is 1. The molecule has 0 unspecified atom stereocenters. The fourth-order valence-corrected chi connectivity index (χ4v) is 1.54. The SMILES string of the molecule is Cn1[nH]c(-c2cccc(F)c2)c(C=O)c1=O. The Labute approximate surface area is 90.3 Å². The van der Waals surface area contributed by atoms with Gasteiger partial charge in [-0.1, -0.05) is 12.1 Å². The number of rotatable bonds is 2. The molecule has 0 amide bonds. The van der Waals surface area contributed by atoms with E-state index < -0.39 is 11.4 Å².